The average Bonchev–Trinajstić information content (AvgIpc) is 2.53. The van der Waals surface area contributed by atoms with Gasteiger partial charge in [-0.15, -0.1) is 0 Å². The first-order valence-corrected chi connectivity index (χ1v) is 6.73. The number of carbonyl (C=O) groups is 3. The minimum atomic E-state index is -1.08. The first-order valence-electron chi connectivity index (χ1n) is 6.73. The number of hydrogen-bond acceptors (Lipinski definition) is 4. The molecule has 2 amide bonds. The van der Waals surface area contributed by atoms with Gasteiger partial charge in [-0.3, -0.25) is 14.6 Å². The second kappa shape index (κ2) is 6.34. The molecule has 0 aliphatic carbocycles. The molecule has 0 saturated carbocycles. The summed E-state index contributed by atoms with van der Waals surface area (Å²) in [5.41, 5.74) is 0.228. The zero-order chi connectivity index (χ0) is 15.4. The van der Waals surface area contributed by atoms with Crippen LogP contribution in [-0.2, 0) is 4.79 Å². The van der Waals surface area contributed by atoms with E-state index in [2.05, 4.69) is 10.3 Å². The summed E-state index contributed by atoms with van der Waals surface area (Å²) >= 11 is 0. The number of carboxylic acids is 1. The van der Waals surface area contributed by atoms with Gasteiger partial charge >= 0.3 is 5.97 Å². The van der Waals surface area contributed by atoms with Crippen molar-refractivity contribution < 1.29 is 19.5 Å². The fourth-order valence-electron chi connectivity index (χ4n) is 2.39. The van der Waals surface area contributed by atoms with Gasteiger partial charge in [-0.2, -0.15) is 0 Å². The van der Waals surface area contributed by atoms with E-state index in [0.29, 0.717) is 13.1 Å². The van der Waals surface area contributed by atoms with E-state index in [1.807, 2.05) is 0 Å². The summed E-state index contributed by atoms with van der Waals surface area (Å²) < 4.78 is 0. The molecule has 2 N–H and O–H groups in total. The highest BCUT2D eigenvalue weighted by atomic mass is 16.4. The largest absolute Gasteiger partial charge is 0.478 e. The average molecular weight is 291 g/mol. The van der Waals surface area contributed by atoms with Crippen LogP contribution in [0.1, 0.15) is 33.7 Å². The van der Waals surface area contributed by atoms with Gasteiger partial charge in [-0.1, -0.05) is 0 Å². The third-order valence-electron chi connectivity index (χ3n) is 3.56. The van der Waals surface area contributed by atoms with E-state index in [0.717, 1.165) is 19.0 Å². The number of likely N-dealkylation sites (tertiary alicyclic amines) is 1. The fourth-order valence-corrected chi connectivity index (χ4v) is 2.39. The Morgan fingerprint density at radius 3 is 2.71 bits per heavy atom. The normalized spacial score (nSPS) is 18.1. The van der Waals surface area contributed by atoms with E-state index >= 15 is 0 Å². The molecule has 1 unspecified atom stereocenters. The Hall–Kier alpha value is -2.44. The van der Waals surface area contributed by atoms with Crippen LogP contribution in [0.5, 0.6) is 0 Å². The molecule has 112 valence electrons. The van der Waals surface area contributed by atoms with E-state index in [-0.39, 0.29) is 29.0 Å². The molecule has 1 fully saturated rings. The van der Waals surface area contributed by atoms with Crippen LogP contribution in [0.25, 0.3) is 0 Å². The van der Waals surface area contributed by atoms with E-state index in [4.69, 9.17) is 5.11 Å². The maximum atomic E-state index is 12.3. The molecule has 21 heavy (non-hydrogen) atoms. The molecule has 0 aromatic carbocycles. The van der Waals surface area contributed by atoms with Crippen molar-refractivity contribution in [1.29, 1.82) is 0 Å². The van der Waals surface area contributed by atoms with Crippen molar-refractivity contribution in [3.8, 4) is 0 Å². The number of piperidine rings is 1. The quantitative estimate of drug-likeness (QED) is 0.838. The predicted octanol–water partition coefficient (Wildman–Crippen LogP) is 0.378. The number of aromatic carboxylic acids is 1. The maximum absolute atomic E-state index is 12.3. The first kappa shape index (κ1) is 15.0. The number of amides is 2. The van der Waals surface area contributed by atoms with Crippen LogP contribution in [0, 0.1) is 5.92 Å². The summed E-state index contributed by atoms with van der Waals surface area (Å²) in [4.78, 5) is 40.2. The van der Waals surface area contributed by atoms with Gasteiger partial charge in [-0.05, 0) is 25.0 Å². The molecule has 0 spiro atoms. The molecule has 7 heteroatoms. The molecular formula is C14H17N3O4. The van der Waals surface area contributed by atoms with Gasteiger partial charge in [0.05, 0.1) is 11.5 Å². The SMILES string of the molecule is CNC(=O)C1CCCN(C(=O)c2ccc(C(=O)O)cn2)C1. The fraction of sp³-hybridized carbons (Fsp3) is 0.429. The molecule has 7 nitrogen and oxygen atoms in total. The monoisotopic (exact) mass is 291 g/mol. The zero-order valence-corrected chi connectivity index (χ0v) is 11.7. The second-order valence-corrected chi connectivity index (χ2v) is 4.94. The summed E-state index contributed by atoms with van der Waals surface area (Å²) in [5.74, 6) is -1.63. The van der Waals surface area contributed by atoms with E-state index in [9.17, 15) is 14.4 Å². The molecule has 1 aromatic rings. The van der Waals surface area contributed by atoms with E-state index in [1.165, 1.54) is 12.1 Å². The lowest BCUT2D eigenvalue weighted by Gasteiger charge is -2.31. The van der Waals surface area contributed by atoms with Crippen LogP contribution in [0.2, 0.25) is 0 Å². The number of hydrogen-bond donors (Lipinski definition) is 2. The third kappa shape index (κ3) is 3.36. The molecular weight excluding hydrogens is 274 g/mol. The van der Waals surface area contributed by atoms with E-state index < -0.39 is 5.97 Å². The summed E-state index contributed by atoms with van der Waals surface area (Å²) in [7, 11) is 1.58. The number of nitrogens with zero attached hydrogens (tertiary/aromatic N) is 2. The number of rotatable bonds is 3. The molecule has 0 bridgehead atoms. The van der Waals surface area contributed by atoms with Crippen molar-refractivity contribution in [2.45, 2.75) is 12.8 Å². The Bertz CT molecular complexity index is 556. The van der Waals surface area contributed by atoms with Crippen molar-refractivity contribution in [1.82, 2.24) is 15.2 Å². The topological polar surface area (TPSA) is 99.6 Å². The van der Waals surface area contributed by atoms with Crippen LogP contribution in [-0.4, -0.2) is 52.9 Å². The van der Waals surface area contributed by atoms with Gasteiger partial charge in [0.25, 0.3) is 5.91 Å². The van der Waals surface area contributed by atoms with Gasteiger partial charge in [0.15, 0.2) is 0 Å². The highest BCUT2D eigenvalue weighted by Gasteiger charge is 2.28. The summed E-state index contributed by atoms with van der Waals surface area (Å²) in [6.07, 6.45) is 2.68. The van der Waals surface area contributed by atoms with Gasteiger partial charge in [-0.25, -0.2) is 4.79 Å². The number of aromatic nitrogens is 1. The van der Waals surface area contributed by atoms with Crippen LogP contribution in [0.3, 0.4) is 0 Å². The van der Waals surface area contributed by atoms with Crippen molar-refractivity contribution >= 4 is 17.8 Å². The number of carboxylic acid groups (broad SMARTS) is 1. The lowest BCUT2D eigenvalue weighted by Crippen LogP contribution is -2.45. The molecule has 0 radical (unpaired) electrons. The van der Waals surface area contributed by atoms with Gasteiger partial charge in [0, 0.05) is 26.3 Å². The predicted molar refractivity (Wildman–Crippen MR) is 73.9 cm³/mol. The van der Waals surface area contributed by atoms with Crippen LogP contribution in [0.4, 0.5) is 0 Å². The zero-order valence-electron chi connectivity index (χ0n) is 11.7. The lowest BCUT2D eigenvalue weighted by molar-refractivity contribution is -0.125. The van der Waals surface area contributed by atoms with Crippen LogP contribution >= 0.6 is 0 Å². The van der Waals surface area contributed by atoms with Crippen molar-refractivity contribution in [3.63, 3.8) is 0 Å². The molecule has 1 aliphatic rings. The third-order valence-corrected chi connectivity index (χ3v) is 3.56. The molecule has 1 aromatic heterocycles. The summed E-state index contributed by atoms with van der Waals surface area (Å²) in [6.45, 7) is 0.940. The number of pyridine rings is 1. The van der Waals surface area contributed by atoms with Crippen LogP contribution in [0.15, 0.2) is 18.3 Å². The summed E-state index contributed by atoms with van der Waals surface area (Å²) in [6, 6.07) is 2.75. The van der Waals surface area contributed by atoms with Crippen molar-refractivity contribution in [2.75, 3.05) is 20.1 Å². The molecule has 1 aliphatic heterocycles. The van der Waals surface area contributed by atoms with E-state index in [1.54, 1.807) is 11.9 Å². The second-order valence-electron chi connectivity index (χ2n) is 4.94. The minimum Gasteiger partial charge on any atom is -0.478 e. The smallest absolute Gasteiger partial charge is 0.337 e. The highest BCUT2D eigenvalue weighted by molar-refractivity contribution is 5.94. The highest BCUT2D eigenvalue weighted by Crippen LogP contribution is 2.18. The Labute approximate surface area is 122 Å². The maximum Gasteiger partial charge on any atom is 0.337 e. The Balaban J connectivity index is 2.08. The Morgan fingerprint density at radius 2 is 2.14 bits per heavy atom. The van der Waals surface area contributed by atoms with Crippen molar-refractivity contribution in [3.05, 3.63) is 29.6 Å². The lowest BCUT2D eigenvalue weighted by atomic mass is 9.97. The van der Waals surface area contributed by atoms with Gasteiger partial charge in [0.1, 0.15) is 5.69 Å². The van der Waals surface area contributed by atoms with Crippen LogP contribution < -0.4 is 5.32 Å². The molecule has 2 rings (SSSR count). The molecule has 1 atom stereocenters. The minimum absolute atomic E-state index is 0.0356. The first-order chi connectivity index (χ1) is 10.0. The van der Waals surface area contributed by atoms with Gasteiger partial charge in [0.2, 0.25) is 5.91 Å². The number of nitrogens with one attached hydrogen (secondary N) is 1. The Kier molecular flexibility index (Phi) is 4.52. The van der Waals surface area contributed by atoms with Gasteiger partial charge < -0.3 is 15.3 Å². The standard InChI is InChI=1S/C14H17N3O4/c1-15-12(18)10-3-2-6-17(8-10)13(19)11-5-4-9(7-16-11)14(20)21/h4-5,7,10H,2-3,6,8H2,1H3,(H,15,18)(H,20,21). The number of carbonyl (C=O) groups excluding carboxylic acids is 2. The molecule has 1 saturated heterocycles. The Morgan fingerprint density at radius 1 is 1.38 bits per heavy atom. The van der Waals surface area contributed by atoms with Crippen molar-refractivity contribution in [2.24, 2.45) is 5.92 Å². The summed E-state index contributed by atoms with van der Waals surface area (Å²) in [5, 5.41) is 11.4. The molecule has 2 heterocycles.